The summed E-state index contributed by atoms with van der Waals surface area (Å²) in [5.74, 6) is 0.223. The van der Waals surface area contributed by atoms with Gasteiger partial charge in [-0.1, -0.05) is 17.7 Å². The Kier molecular flexibility index (Phi) is 3.56. The number of carbonyl (C=O) groups is 1. The van der Waals surface area contributed by atoms with Crippen molar-refractivity contribution < 1.29 is 4.79 Å². The lowest BCUT2D eigenvalue weighted by Crippen LogP contribution is -2.42. The van der Waals surface area contributed by atoms with Crippen molar-refractivity contribution in [3.05, 3.63) is 34.9 Å². The minimum absolute atomic E-state index is 0.223. The van der Waals surface area contributed by atoms with Gasteiger partial charge in [-0.2, -0.15) is 0 Å². The van der Waals surface area contributed by atoms with Crippen LogP contribution in [0.2, 0.25) is 0 Å². The summed E-state index contributed by atoms with van der Waals surface area (Å²) >= 11 is 0. The summed E-state index contributed by atoms with van der Waals surface area (Å²) in [5.41, 5.74) is 3.39. The lowest BCUT2D eigenvalue weighted by Gasteiger charge is -2.30. The first-order chi connectivity index (χ1) is 9.24. The lowest BCUT2D eigenvalue weighted by molar-refractivity contribution is 0.0724. The Hall–Kier alpha value is -1.35. The molecule has 1 amide bonds. The summed E-state index contributed by atoms with van der Waals surface area (Å²) in [7, 11) is 0. The Balaban J connectivity index is 1.65. The van der Waals surface area contributed by atoms with Crippen molar-refractivity contribution in [1.82, 2.24) is 9.80 Å². The Morgan fingerprint density at radius 3 is 2.68 bits per heavy atom. The molecule has 19 heavy (non-hydrogen) atoms. The van der Waals surface area contributed by atoms with Crippen molar-refractivity contribution >= 4 is 5.91 Å². The predicted molar refractivity (Wildman–Crippen MR) is 76.5 cm³/mol. The first-order valence-electron chi connectivity index (χ1n) is 7.35. The van der Waals surface area contributed by atoms with Gasteiger partial charge in [0, 0.05) is 25.2 Å². The van der Waals surface area contributed by atoms with E-state index in [1.54, 1.807) is 0 Å². The van der Waals surface area contributed by atoms with E-state index in [0.29, 0.717) is 0 Å². The zero-order chi connectivity index (χ0) is 13.2. The third kappa shape index (κ3) is 2.66. The van der Waals surface area contributed by atoms with Gasteiger partial charge < -0.3 is 9.80 Å². The van der Waals surface area contributed by atoms with E-state index in [2.05, 4.69) is 17.9 Å². The first kappa shape index (κ1) is 12.7. The normalized spacial score (nSPS) is 19.8. The number of carbonyl (C=O) groups excluding carboxylic acids is 1. The summed E-state index contributed by atoms with van der Waals surface area (Å²) in [6.45, 7) is 7.29. The second-order valence-corrected chi connectivity index (χ2v) is 5.75. The number of hydrogen-bond acceptors (Lipinski definition) is 2. The van der Waals surface area contributed by atoms with E-state index in [9.17, 15) is 4.79 Å². The van der Waals surface area contributed by atoms with Gasteiger partial charge in [-0.05, 0) is 50.9 Å². The monoisotopic (exact) mass is 258 g/mol. The summed E-state index contributed by atoms with van der Waals surface area (Å²) in [4.78, 5) is 16.9. The van der Waals surface area contributed by atoms with Crippen LogP contribution in [0.15, 0.2) is 18.2 Å². The van der Waals surface area contributed by atoms with Gasteiger partial charge in [0.1, 0.15) is 0 Å². The molecular weight excluding hydrogens is 236 g/mol. The van der Waals surface area contributed by atoms with Crippen LogP contribution in [0.25, 0.3) is 0 Å². The van der Waals surface area contributed by atoms with Crippen molar-refractivity contribution in [2.45, 2.75) is 26.2 Å². The largest absolute Gasteiger partial charge is 0.337 e. The second-order valence-electron chi connectivity index (χ2n) is 5.75. The maximum atomic E-state index is 12.4. The molecule has 0 spiro atoms. The van der Waals surface area contributed by atoms with E-state index in [-0.39, 0.29) is 5.91 Å². The van der Waals surface area contributed by atoms with Gasteiger partial charge in [0.15, 0.2) is 0 Å². The van der Waals surface area contributed by atoms with E-state index in [1.165, 1.54) is 37.1 Å². The molecule has 0 atom stereocenters. The number of fused-ring (bicyclic) bond motifs is 1. The third-order valence-electron chi connectivity index (χ3n) is 4.31. The minimum atomic E-state index is 0.223. The van der Waals surface area contributed by atoms with Crippen LogP contribution < -0.4 is 0 Å². The number of likely N-dealkylation sites (tertiary alicyclic amines) is 1. The number of hydrogen-bond donors (Lipinski definition) is 0. The van der Waals surface area contributed by atoms with Gasteiger partial charge in [0.25, 0.3) is 5.91 Å². The number of amides is 1. The highest BCUT2D eigenvalue weighted by atomic mass is 16.2. The Labute approximate surface area is 115 Å². The molecule has 0 saturated carbocycles. The lowest BCUT2D eigenvalue weighted by atomic mass is 9.97. The van der Waals surface area contributed by atoms with Crippen molar-refractivity contribution in [3.8, 4) is 0 Å². The molecule has 1 fully saturated rings. The van der Waals surface area contributed by atoms with Gasteiger partial charge in [0.2, 0.25) is 0 Å². The standard InChI is InChI=1S/C16H22N2O/c1-13-4-5-15-14(12-13)6-9-18(16(15)19)11-10-17-7-2-3-8-17/h4-5,12H,2-3,6-11H2,1H3. The topological polar surface area (TPSA) is 23.6 Å². The summed E-state index contributed by atoms with van der Waals surface area (Å²) in [6.07, 6.45) is 3.63. The maximum Gasteiger partial charge on any atom is 0.254 e. The molecule has 0 N–H and O–H groups in total. The highest BCUT2D eigenvalue weighted by molar-refractivity contribution is 5.96. The van der Waals surface area contributed by atoms with Gasteiger partial charge >= 0.3 is 0 Å². The molecule has 1 aromatic carbocycles. The smallest absolute Gasteiger partial charge is 0.254 e. The zero-order valence-electron chi connectivity index (χ0n) is 11.7. The molecule has 0 aromatic heterocycles. The van der Waals surface area contributed by atoms with Crippen LogP contribution in [0.5, 0.6) is 0 Å². The molecule has 102 valence electrons. The molecule has 0 unspecified atom stereocenters. The van der Waals surface area contributed by atoms with Crippen molar-refractivity contribution in [3.63, 3.8) is 0 Å². The van der Waals surface area contributed by atoms with Crippen LogP contribution in [0.3, 0.4) is 0 Å². The van der Waals surface area contributed by atoms with Gasteiger partial charge in [-0.15, -0.1) is 0 Å². The van der Waals surface area contributed by atoms with E-state index in [0.717, 1.165) is 31.6 Å². The second kappa shape index (κ2) is 5.33. The summed E-state index contributed by atoms with van der Waals surface area (Å²) < 4.78 is 0. The van der Waals surface area contributed by atoms with Crippen LogP contribution in [0.1, 0.15) is 34.3 Å². The Morgan fingerprint density at radius 1 is 1.11 bits per heavy atom. The Morgan fingerprint density at radius 2 is 1.89 bits per heavy atom. The van der Waals surface area contributed by atoms with Crippen LogP contribution >= 0.6 is 0 Å². The number of nitrogens with zero attached hydrogens (tertiary/aromatic N) is 2. The van der Waals surface area contributed by atoms with Crippen LogP contribution in [0.4, 0.5) is 0 Å². The fraction of sp³-hybridized carbons (Fsp3) is 0.562. The van der Waals surface area contributed by atoms with E-state index in [1.807, 2.05) is 17.0 Å². The van der Waals surface area contributed by atoms with Crippen molar-refractivity contribution in [2.75, 3.05) is 32.7 Å². The third-order valence-corrected chi connectivity index (χ3v) is 4.31. The molecule has 2 heterocycles. The van der Waals surface area contributed by atoms with E-state index >= 15 is 0 Å². The van der Waals surface area contributed by atoms with Crippen molar-refractivity contribution in [2.24, 2.45) is 0 Å². The highest BCUT2D eigenvalue weighted by Gasteiger charge is 2.24. The average Bonchev–Trinajstić information content (AvgIpc) is 2.91. The van der Waals surface area contributed by atoms with E-state index < -0.39 is 0 Å². The molecule has 0 radical (unpaired) electrons. The molecule has 0 aliphatic carbocycles. The average molecular weight is 258 g/mol. The fourth-order valence-electron chi connectivity index (χ4n) is 3.15. The van der Waals surface area contributed by atoms with Gasteiger partial charge in [-0.3, -0.25) is 4.79 Å². The van der Waals surface area contributed by atoms with Gasteiger partial charge in [-0.25, -0.2) is 0 Å². The molecule has 2 aliphatic rings. The SMILES string of the molecule is Cc1ccc2c(c1)CCN(CCN1CCCC1)C2=O. The van der Waals surface area contributed by atoms with Crippen molar-refractivity contribution in [1.29, 1.82) is 0 Å². The van der Waals surface area contributed by atoms with E-state index in [4.69, 9.17) is 0 Å². The predicted octanol–water partition coefficient (Wildman–Crippen LogP) is 2.09. The quantitative estimate of drug-likeness (QED) is 0.829. The molecule has 2 aliphatic heterocycles. The van der Waals surface area contributed by atoms with Crippen LogP contribution in [0, 0.1) is 6.92 Å². The molecule has 1 saturated heterocycles. The van der Waals surface area contributed by atoms with Gasteiger partial charge in [0.05, 0.1) is 0 Å². The summed E-state index contributed by atoms with van der Waals surface area (Å²) in [6, 6.07) is 6.20. The molecule has 3 heteroatoms. The highest BCUT2D eigenvalue weighted by Crippen LogP contribution is 2.20. The fourth-order valence-corrected chi connectivity index (χ4v) is 3.15. The molecule has 3 nitrogen and oxygen atoms in total. The molecule has 1 aromatic rings. The summed E-state index contributed by atoms with van der Waals surface area (Å²) in [5, 5.41) is 0. The number of rotatable bonds is 3. The minimum Gasteiger partial charge on any atom is -0.337 e. The zero-order valence-corrected chi connectivity index (χ0v) is 11.7. The number of aryl methyl sites for hydroxylation is 1. The maximum absolute atomic E-state index is 12.4. The van der Waals surface area contributed by atoms with Crippen LogP contribution in [-0.2, 0) is 6.42 Å². The Bertz CT molecular complexity index is 478. The molecular formula is C16H22N2O. The number of benzene rings is 1. The molecule has 0 bridgehead atoms. The molecule has 3 rings (SSSR count). The first-order valence-corrected chi connectivity index (χ1v) is 7.35. The van der Waals surface area contributed by atoms with Crippen LogP contribution in [-0.4, -0.2) is 48.4 Å².